The Morgan fingerprint density at radius 2 is 1.95 bits per heavy atom. The van der Waals surface area contributed by atoms with Gasteiger partial charge in [0.05, 0.1) is 6.04 Å². The molecule has 1 aromatic carbocycles. The van der Waals surface area contributed by atoms with Gasteiger partial charge in [-0.3, -0.25) is 4.90 Å². The normalized spacial score (nSPS) is 21.9. The summed E-state index contributed by atoms with van der Waals surface area (Å²) >= 11 is 6.40. The summed E-state index contributed by atoms with van der Waals surface area (Å²) < 4.78 is 0. The summed E-state index contributed by atoms with van der Waals surface area (Å²) in [7, 11) is 0. The number of nitrogens with two attached hydrogens (primary N) is 1. The quantitative estimate of drug-likeness (QED) is 0.880. The smallest absolute Gasteiger partial charge is 0.0511 e. The van der Waals surface area contributed by atoms with E-state index in [1.807, 2.05) is 12.1 Å². The number of rotatable bonds is 5. The highest BCUT2D eigenvalue weighted by atomic mass is 35.5. The van der Waals surface area contributed by atoms with Gasteiger partial charge >= 0.3 is 0 Å². The Morgan fingerprint density at radius 1 is 1.30 bits per heavy atom. The lowest BCUT2D eigenvalue weighted by molar-refractivity contribution is 0.178. The van der Waals surface area contributed by atoms with Crippen molar-refractivity contribution in [2.75, 3.05) is 13.1 Å². The first kappa shape index (κ1) is 15.8. The molecule has 2 rings (SSSR count). The summed E-state index contributed by atoms with van der Waals surface area (Å²) in [4.78, 5) is 2.54. The number of hydrogen-bond donors (Lipinski definition) is 1. The number of nitrogens with zero attached hydrogens (tertiary/aromatic N) is 1. The second-order valence-corrected chi connectivity index (χ2v) is 6.66. The monoisotopic (exact) mass is 294 g/mol. The SMILES string of the molecule is CCC1(CC)CCN(C(c2ccccc2Cl)C(C)N)C1. The lowest BCUT2D eigenvalue weighted by Gasteiger charge is -2.34. The lowest BCUT2D eigenvalue weighted by atomic mass is 9.82. The van der Waals surface area contributed by atoms with Crippen molar-refractivity contribution < 1.29 is 0 Å². The number of likely N-dealkylation sites (tertiary alicyclic amines) is 1. The van der Waals surface area contributed by atoms with E-state index in [1.54, 1.807) is 0 Å². The van der Waals surface area contributed by atoms with Gasteiger partial charge < -0.3 is 5.73 Å². The molecule has 2 unspecified atom stereocenters. The summed E-state index contributed by atoms with van der Waals surface area (Å²) in [5.41, 5.74) is 7.93. The largest absolute Gasteiger partial charge is 0.326 e. The molecule has 0 amide bonds. The van der Waals surface area contributed by atoms with Gasteiger partial charge in [-0.05, 0) is 49.8 Å². The van der Waals surface area contributed by atoms with Crippen LogP contribution in [-0.2, 0) is 0 Å². The van der Waals surface area contributed by atoms with Crippen molar-refractivity contribution in [2.45, 2.75) is 52.1 Å². The van der Waals surface area contributed by atoms with Crippen LogP contribution in [0.25, 0.3) is 0 Å². The Kier molecular flexibility index (Phi) is 5.11. The van der Waals surface area contributed by atoms with Crippen LogP contribution in [0.4, 0.5) is 0 Å². The average Bonchev–Trinajstić information content (AvgIpc) is 2.86. The van der Waals surface area contributed by atoms with Crippen LogP contribution in [0.15, 0.2) is 24.3 Å². The van der Waals surface area contributed by atoms with E-state index >= 15 is 0 Å². The van der Waals surface area contributed by atoms with E-state index in [-0.39, 0.29) is 12.1 Å². The van der Waals surface area contributed by atoms with Crippen LogP contribution in [-0.4, -0.2) is 24.0 Å². The van der Waals surface area contributed by atoms with Crippen LogP contribution in [0.5, 0.6) is 0 Å². The van der Waals surface area contributed by atoms with Crippen molar-refractivity contribution in [2.24, 2.45) is 11.1 Å². The molecule has 0 saturated carbocycles. The van der Waals surface area contributed by atoms with Gasteiger partial charge in [0.2, 0.25) is 0 Å². The molecule has 1 fully saturated rings. The van der Waals surface area contributed by atoms with Crippen LogP contribution < -0.4 is 5.73 Å². The predicted octanol–water partition coefficient (Wildman–Crippen LogP) is 4.24. The van der Waals surface area contributed by atoms with Crippen molar-refractivity contribution >= 4 is 11.6 Å². The van der Waals surface area contributed by atoms with Crippen molar-refractivity contribution in [1.29, 1.82) is 0 Å². The predicted molar refractivity (Wildman–Crippen MR) is 87.0 cm³/mol. The molecule has 20 heavy (non-hydrogen) atoms. The second kappa shape index (κ2) is 6.46. The summed E-state index contributed by atoms with van der Waals surface area (Å²) in [6.07, 6.45) is 3.76. The van der Waals surface area contributed by atoms with Gasteiger partial charge in [0.15, 0.2) is 0 Å². The van der Waals surface area contributed by atoms with Gasteiger partial charge in [-0.25, -0.2) is 0 Å². The van der Waals surface area contributed by atoms with Crippen molar-refractivity contribution in [3.63, 3.8) is 0 Å². The fraction of sp³-hybridized carbons (Fsp3) is 0.647. The van der Waals surface area contributed by atoms with Crippen LogP contribution in [0, 0.1) is 5.41 Å². The third-order valence-corrected chi connectivity index (χ3v) is 5.43. The lowest BCUT2D eigenvalue weighted by Crippen LogP contribution is -2.39. The molecule has 0 bridgehead atoms. The molecule has 1 aliphatic rings. The van der Waals surface area contributed by atoms with Crippen molar-refractivity contribution in [3.8, 4) is 0 Å². The first-order chi connectivity index (χ1) is 9.53. The van der Waals surface area contributed by atoms with E-state index in [2.05, 4.69) is 37.8 Å². The fourth-order valence-electron chi connectivity index (χ4n) is 3.56. The highest BCUT2D eigenvalue weighted by molar-refractivity contribution is 6.31. The summed E-state index contributed by atoms with van der Waals surface area (Å²) in [6, 6.07) is 8.43. The number of hydrogen-bond acceptors (Lipinski definition) is 2. The number of benzene rings is 1. The van der Waals surface area contributed by atoms with Crippen LogP contribution in [0.2, 0.25) is 5.02 Å². The Labute approximate surface area is 128 Å². The highest BCUT2D eigenvalue weighted by Crippen LogP contribution is 2.42. The van der Waals surface area contributed by atoms with Gasteiger partial charge in [-0.1, -0.05) is 43.6 Å². The molecule has 112 valence electrons. The van der Waals surface area contributed by atoms with Gasteiger partial charge in [0.1, 0.15) is 0 Å². The second-order valence-electron chi connectivity index (χ2n) is 6.25. The maximum Gasteiger partial charge on any atom is 0.0511 e. The zero-order valence-electron chi connectivity index (χ0n) is 12.9. The van der Waals surface area contributed by atoms with E-state index in [9.17, 15) is 0 Å². The van der Waals surface area contributed by atoms with Gasteiger partial charge in [0.25, 0.3) is 0 Å². The Bertz CT molecular complexity index is 440. The van der Waals surface area contributed by atoms with Gasteiger partial charge in [0, 0.05) is 17.6 Å². The molecule has 2 nitrogen and oxygen atoms in total. The first-order valence-corrected chi connectivity index (χ1v) is 8.15. The Balaban J connectivity index is 2.26. The van der Waals surface area contributed by atoms with Crippen LogP contribution in [0.3, 0.4) is 0 Å². The third kappa shape index (κ3) is 3.03. The maximum absolute atomic E-state index is 6.40. The van der Waals surface area contributed by atoms with E-state index in [0.717, 1.165) is 18.1 Å². The molecule has 1 aromatic rings. The standard InChI is InChI=1S/C17H27ClN2/c1-4-17(5-2)10-11-20(12-17)16(13(3)19)14-8-6-7-9-15(14)18/h6-9,13,16H,4-5,10-12,19H2,1-3H3. The summed E-state index contributed by atoms with van der Waals surface area (Å²) in [6.45, 7) is 8.97. The van der Waals surface area contributed by atoms with E-state index < -0.39 is 0 Å². The molecule has 1 saturated heterocycles. The molecule has 3 heteroatoms. The van der Waals surface area contributed by atoms with Crippen LogP contribution >= 0.6 is 11.6 Å². The van der Waals surface area contributed by atoms with Crippen molar-refractivity contribution in [1.82, 2.24) is 4.90 Å². The molecule has 0 aliphatic carbocycles. The number of halogens is 1. The minimum atomic E-state index is 0.0828. The minimum absolute atomic E-state index is 0.0828. The third-order valence-electron chi connectivity index (χ3n) is 5.08. The maximum atomic E-state index is 6.40. The molecule has 0 spiro atoms. The zero-order chi connectivity index (χ0) is 14.8. The highest BCUT2D eigenvalue weighted by Gasteiger charge is 2.39. The molecular formula is C17H27ClN2. The fourth-order valence-corrected chi connectivity index (χ4v) is 3.81. The molecule has 1 aliphatic heterocycles. The average molecular weight is 295 g/mol. The zero-order valence-corrected chi connectivity index (χ0v) is 13.7. The van der Waals surface area contributed by atoms with E-state index in [0.29, 0.717) is 5.41 Å². The van der Waals surface area contributed by atoms with Crippen LogP contribution in [0.1, 0.15) is 51.6 Å². The van der Waals surface area contributed by atoms with Gasteiger partial charge in [-0.2, -0.15) is 0 Å². The van der Waals surface area contributed by atoms with E-state index in [1.165, 1.54) is 24.8 Å². The summed E-state index contributed by atoms with van der Waals surface area (Å²) in [5.74, 6) is 0. The molecule has 2 N–H and O–H groups in total. The van der Waals surface area contributed by atoms with E-state index in [4.69, 9.17) is 17.3 Å². The first-order valence-electron chi connectivity index (χ1n) is 7.77. The minimum Gasteiger partial charge on any atom is -0.326 e. The molecule has 2 atom stereocenters. The topological polar surface area (TPSA) is 29.3 Å². The molecule has 1 heterocycles. The van der Waals surface area contributed by atoms with Crippen molar-refractivity contribution in [3.05, 3.63) is 34.9 Å². The summed E-state index contributed by atoms with van der Waals surface area (Å²) in [5, 5.41) is 0.834. The molecule has 0 aromatic heterocycles. The Hall–Kier alpha value is -0.570. The van der Waals surface area contributed by atoms with Gasteiger partial charge in [-0.15, -0.1) is 0 Å². The molecular weight excluding hydrogens is 268 g/mol. The molecule has 0 radical (unpaired) electrons. The Morgan fingerprint density at radius 3 is 2.45 bits per heavy atom.